The Morgan fingerprint density at radius 2 is 2.05 bits per heavy atom. The first kappa shape index (κ1) is 16.5. The van der Waals surface area contributed by atoms with E-state index in [1.165, 1.54) is 11.8 Å². The molecular formula is C15H20N2O4S. The van der Waals surface area contributed by atoms with Gasteiger partial charge < -0.3 is 19.7 Å². The number of carbonyl (C=O) groups excluding carboxylic acids is 2. The lowest BCUT2D eigenvalue weighted by Gasteiger charge is -2.14. The second-order valence-corrected chi connectivity index (χ2v) is 5.77. The maximum atomic E-state index is 11.7. The Morgan fingerprint density at radius 1 is 1.32 bits per heavy atom. The smallest absolute Gasteiger partial charge is 0.281 e. The zero-order chi connectivity index (χ0) is 15.8. The molecule has 1 heterocycles. The van der Waals surface area contributed by atoms with E-state index in [9.17, 15) is 9.59 Å². The molecule has 7 heteroatoms. The van der Waals surface area contributed by atoms with E-state index in [2.05, 4.69) is 5.32 Å². The van der Waals surface area contributed by atoms with Gasteiger partial charge in [0.25, 0.3) is 5.24 Å². The maximum Gasteiger partial charge on any atom is 0.281 e. The second-order valence-electron chi connectivity index (χ2n) is 4.73. The molecular weight excluding hydrogens is 304 g/mol. The lowest BCUT2D eigenvalue weighted by atomic mass is 10.3. The van der Waals surface area contributed by atoms with Crippen LogP contribution in [0.2, 0.25) is 0 Å². The van der Waals surface area contributed by atoms with E-state index < -0.39 is 0 Å². The van der Waals surface area contributed by atoms with Gasteiger partial charge >= 0.3 is 0 Å². The molecule has 1 aliphatic heterocycles. The highest BCUT2D eigenvalue weighted by Gasteiger charge is 2.21. The third-order valence-electron chi connectivity index (χ3n) is 3.21. The van der Waals surface area contributed by atoms with Crippen molar-refractivity contribution in [3.63, 3.8) is 0 Å². The Labute approximate surface area is 134 Å². The van der Waals surface area contributed by atoms with Crippen LogP contribution in [0.5, 0.6) is 11.5 Å². The monoisotopic (exact) mass is 324 g/mol. The highest BCUT2D eigenvalue weighted by atomic mass is 32.2. The van der Waals surface area contributed by atoms with Gasteiger partial charge in [-0.05, 0) is 24.3 Å². The fourth-order valence-corrected chi connectivity index (χ4v) is 2.84. The van der Waals surface area contributed by atoms with Crippen molar-refractivity contribution in [2.24, 2.45) is 0 Å². The number of thioether (sulfide) groups is 1. The Bertz CT molecular complexity index is 507. The number of hydrogen-bond donors (Lipinski definition) is 1. The third-order valence-corrected chi connectivity index (χ3v) is 4.10. The fraction of sp³-hybridized carbons (Fsp3) is 0.467. The zero-order valence-electron chi connectivity index (χ0n) is 12.5. The van der Waals surface area contributed by atoms with Crippen LogP contribution in [0.3, 0.4) is 0 Å². The standard InChI is InChI=1S/C15H20N2O4S/c1-20-12-2-4-13(5-3-12)21-10-7-16-14(18)6-8-17-9-11-22-15(17)19/h2-5H,6-11H2,1H3,(H,16,18). The minimum atomic E-state index is -0.0666. The molecule has 0 atom stereocenters. The van der Waals surface area contributed by atoms with E-state index in [1.54, 1.807) is 12.0 Å². The fourth-order valence-electron chi connectivity index (χ4n) is 1.98. The van der Waals surface area contributed by atoms with Crippen LogP contribution in [0.15, 0.2) is 24.3 Å². The van der Waals surface area contributed by atoms with Crippen molar-refractivity contribution in [2.45, 2.75) is 6.42 Å². The summed E-state index contributed by atoms with van der Waals surface area (Å²) >= 11 is 1.31. The Morgan fingerprint density at radius 3 is 2.68 bits per heavy atom. The number of methoxy groups -OCH3 is 1. The highest BCUT2D eigenvalue weighted by Crippen LogP contribution is 2.17. The number of nitrogens with one attached hydrogen (secondary N) is 1. The lowest BCUT2D eigenvalue weighted by Crippen LogP contribution is -2.32. The SMILES string of the molecule is COc1ccc(OCCNC(=O)CCN2CCSC2=O)cc1. The molecule has 2 amide bonds. The van der Waals surface area contributed by atoms with Crippen molar-refractivity contribution in [3.8, 4) is 11.5 Å². The van der Waals surface area contributed by atoms with Crippen molar-refractivity contribution in [1.82, 2.24) is 10.2 Å². The van der Waals surface area contributed by atoms with E-state index in [4.69, 9.17) is 9.47 Å². The molecule has 0 spiro atoms. The zero-order valence-corrected chi connectivity index (χ0v) is 13.4. The van der Waals surface area contributed by atoms with Gasteiger partial charge in [0.2, 0.25) is 5.91 Å². The number of hydrogen-bond acceptors (Lipinski definition) is 5. The van der Waals surface area contributed by atoms with Crippen LogP contribution in [-0.4, -0.2) is 55.2 Å². The molecule has 1 aliphatic rings. The molecule has 0 bridgehead atoms. The quantitative estimate of drug-likeness (QED) is 0.738. The summed E-state index contributed by atoms with van der Waals surface area (Å²) in [6.07, 6.45) is 0.328. The minimum absolute atomic E-state index is 0.0654. The van der Waals surface area contributed by atoms with Crippen LogP contribution in [0.1, 0.15) is 6.42 Å². The summed E-state index contributed by atoms with van der Waals surface area (Å²) in [6, 6.07) is 7.27. The molecule has 6 nitrogen and oxygen atoms in total. The molecule has 1 aromatic carbocycles. The number of carbonyl (C=O) groups is 2. The van der Waals surface area contributed by atoms with Crippen LogP contribution >= 0.6 is 11.8 Å². The highest BCUT2D eigenvalue weighted by molar-refractivity contribution is 8.13. The first-order chi connectivity index (χ1) is 10.7. The molecule has 1 aromatic rings. The van der Waals surface area contributed by atoms with Gasteiger partial charge in [-0.2, -0.15) is 0 Å². The van der Waals surface area contributed by atoms with Crippen LogP contribution in [0.4, 0.5) is 4.79 Å². The maximum absolute atomic E-state index is 11.7. The minimum Gasteiger partial charge on any atom is -0.497 e. The molecule has 2 rings (SSSR count). The first-order valence-electron chi connectivity index (χ1n) is 7.14. The van der Waals surface area contributed by atoms with E-state index in [-0.39, 0.29) is 11.1 Å². The Hall–Kier alpha value is -1.89. The molecule has 120 valence electrons. The lowest BCUT2D eigenvalue weighted by molar-refractivity contribution is -0.121. The summed E-state index contributed by atoms with van der Waals surface area (Å²) in [5, 5.41) is 2.85. The van der Waals surface area contributed by atoms with Gasteiger partial charge in [-0.25, -0.2) is 0 Å². The van der Waals surface area contributed by atoms with Gasteiger partial charge in [0.1, 0.15) is 18.1 Å². The average molecular weight is 324 g/mol. The van der Waals surface area contributed by atoms with E-state index in [0.717, 1.165) is 23.8 Å². The van der Waals surface area contributed by atoms with Gasteiger partial charge in [-0.1, -0.05) is 11.8 Å². The van der Waals surface area contributed by atoms with Crippen molar-refractivity contribution in [2.75, 3.05) is 39.1 Å². The normalized spacial score (nSPS) is 14.0. The molecule has 22 heavy (non-hydrogen) atoms. The Kier molecular flexibility index (Phi) is 6.39. The summed E-state index contributed by atoms with van der Waals surface area (Å²) in [4.78, 5) is 24.8. The average Bonchev–Trinajstić information content (AvgIpc) is 2.95. The third kappa shape index (κ3) is 5.14. The first-order valence-corrected chi connectivity index (χ1v) is 8.13. The summed E-state index contributed by atoms with van der Waals surface area (Å²) in [5.41, 5.74) is 0. The number of ether oxygens (including phenoxy) is 2. The van der Waals surface area contributed by atoms with Gasteiger partial charge in [0.15, 0.2) is 0 Å². The van der Waals surface area contributed by atoms with E-state index >= 15 is 0 Å². The number of nitrogens with zero attached hydrogens (tertiary/aromatic N) is 1. The summed E-state index contributed by atoms with van der Waals surface area (Å²) in [6.45, 7) is 2.05. The summed E-state index contributed by atoms with van der Waals surface area (Å²) in [7, 11) is 1.61. The second kappa shape index (κ2) is 8.53. The molecule has 0 aliphatic carbocycles. The van der Waals surface area contributed by atoms with Gasteiger partial charge in [0.05, 0.1) is 13.7 Å². The van der Waals surface area contributed by atoms with Crippen LogP contribution in [0.25, 0.3) is 0 Å². The van der Waals surface area contributed by atoms with Gasteiger partial charge in [-0.3, -0.25) is 9.59 Å². The van der Waals surface area contributed by atoms with E-state index in [0.29, 0.717) is 26.1 Å². The molecule has 0 unspecified atom stereocenters. The summed E-state index contributed by atoms with van der Waals surface area (Å²) in [5.74, 6) is 2.25. The predicted molar refractivity (Wildman–Crippen MR) is 85.5 cm³/mol. The van der Waals surface area contributed by atoms with Crippen LogP contribution in [0, 0.1) is 0 Å². The molecule has 1 saturated heterocycles. The number of benzene rings is 1. The summed E-state index contributed by atoms with van der Waals surface area (Å²) < 4.78 is 10.6. The molecule has 1 N–H and O–H groups in total. The largest absolute Gasteiger partial charge is 0.497 e. The van der Waals surface area contributed by atoms with Gasteiger partial charge in [0, 0.05) is 25.3 Å². The topological polar surface area (TPSA) is 67.9 Å². The van der Waals surface area contributed by atoms with Crippen molar-refractivity contribution >= 4 is 22.9 Å². The van der Waals surface area contributed by atoms with Crippen molar-refractivity contribution < 1.29 is 19.1 Å². The molecule has 0 radical (unpaired) electrons. The van der Waals surface area contributed by atoms with Crippen LogP contribution in [-0.2, 0) is 4.79 Å². The van der Waals surface area contributed by atoms with Crippen molar-refractivity contribution in [1.29, 1.82) is 0 Å². The molecule has 0 aromatic heterocycles. The van der Waals surface area contributed by atoms with Gasteiger partial charge in [-0.15, -0.1) is 0 Å². The predicted octanol–water partition coefficient (Wildman–Crippen LogP) is 1.75. The molecule has 1 fully saturated rings. The van der Waals surface area contributed by atoms with Crippen molar-refractivity contribution in [3.05, 3.63) is 24.3 Å². The molecule has 0 saturated carbocycles. The number of amides is 2. The van der Waals surface area contributed by atoms with E-state index in [1.807, 2.05) is 24.3 Å². The number of rotatable bonds is 8. The van der Waals surface area contributed by atoms with Crippen LogP contribution < -0.4 is 14.8 Å². The Balaban J connectivity index is 1.57.